The molecule has 0 aromatic heterocycles. The van der Waals surface area contributed by atoms with Crippen molar-refractivity contribution in [3.63, 3.8) is 0 Å². The number of carbonyl (C=O) groups excluding carboxylic acids is 1. The fourth-order valence-electron chi connectivity index (χ4n) is 1.35. The number of ketones is 1. The fraction of sp³-hybridized carbons (Fsp3) is 0.417. The molecule has 0 amide bonds. The van der Waals surface area contributed by atoms with E-state index in [2.05, 4.69) is 22.9 Å². The third-order valence-electron chi connectivity index (χ3n) is 2.25. The summed E-state index contributed by atoms with van der Waals surface area (Å²) < 4.78 is 1.11. The van der Waals surface area contributed by atoms with Crippen LogP contribution >= 0.6 is 15.9 Å². The molecule has 0 bridgehead atoms. The third kappa shape index (κ3) is 2.95. The fourth-order valence-corrected chi connectivity index (χ4v) is 1.80. The second-order valence-electron chi connectivity index (χ2n) is 3.47. The minimum atomic E-state index is 0.134. The van der Waals surface area contributed by atoms with Gasteiger partial charge >= 0.3 is 0 Å². The van der Waals surface area contributed by atoms with Crippen LogP contribution in [0.25, 0.3) is 0 Å². The number of carbonyl (C=O) groups is 1. The van der Waals surface area contributed by atoms with Gasteiger partial charge in [0.15, 0.2) is 5.78 Å². The van der Waals surface area contributed by atoms with Gasteiger partial charge < -0.3 is 0 Å². The van der Waals surface area contributed by atoms with Crippen molar-refractivity contribution in [1.29, 1.82) is 0 Å². The Balaban J connectivity index is 2.90. The van der Waals surface area contributed by atoms with Crippen LogP contribution in [-0.2, 0) is 6.42 Å². The van der Waals surface area contributed by atoms with Gasteiger partial charge in [0, 0.05) is 10.0 Å². The lowest BCUT2D eigenvalue weighted by molar-refractivity contribution is 0.101. The van der Waals surface area contributed by atoms with Crippen LogP contribution in [0.15, 0.2) is 22.7 Å². The number of benzene rings is 1. The van der Waals surface area contributed by atoms with Crippen molar-refractivity contribution in [3.8, 4) is 0 Å². The first-order valence-electron chi connectivity index (χ1n) is 4.94. The largest absolute Gasteiger partial charge is 0.295 e. The Bertz CT molecular complexity index is 331. The number of hydrogen-bond acceptors (Lipinski definition) is 1. The average molecular weight is 255 g/mol. The quantitative estimate of drug-likeness (QED) is 0.743. The Kier molecular flexibility index (Phi) is 4.33. The van der Waals surface area contributed by atoms with Gasteiger partial charge in [-0.1, -0.05) is 35.3 Å². The summed E-state index contributed by atoms with van der Waals surface area (Å²) in [5.74, 6) is 0.134. The zero-order valence-corrected chi connectivity index (χ0v) is 10.2. The van der Waals surface area contributed by atoms with E-state index in [1.54, 1.807) is 6.92 Å². The highest BCUT2D eigenvalue weighted by Crippen LogP contribution is 2.20. The van der Waals surface area contributed by atoms with Crippen LogP contribution in [-0.4, -0.2) is 5.78 Å². The molecule has 0 aliphatic carbocycles. The van der Waals surface area contributed by atoms with Gasteiger partial charge in [0.05, 0.1) is 0 Å². The van der Waals surface area contributed by atoms with E-state index >= 15 is 0 Å². The Hall–Kier alpha value is -0.630. The van der Waals surface area contributed by atoms with Gasteiger partial charge in [-0.05, 0) is 37.5 Å². The Morgan fingerprint density at radius 1 is 1.43 bits per heavy atom. The molecule has 1 aromatic rings. The molecule has 0 atom stereocenters. The Morgan fingerprint density at radius 3 is 2.71 bits per heavy atom. The number of halogens is 1. The monoisotopic (exact) mass is 254 g/mol. The molecule has 0 aliphatic rings. The maximum absolute atomic E-state index is 11.2. The highest BCUT2D eigenvalue weighted by Gasteiger charge is 2.04. The maximum atomic E-state index is 11.2. The predicted octanol–water partition coefficient (Wildman–Crippen LogP) is 3.99. The van der Waals surface area contributed by atoms with Crippen molar-refractivity contribution in [3.05, 3.63) is 33.8 Å². The normalized spacial score (nSPS) is 10.2. The molecule has 76 valence electrons. The standard InChI is InChI=1S/C12H15BrO/c1-3-4-5-11-8-10(9(2)14)6-7-12(11)13/h6-8H,3-5H2,1-2H3. The highest BCUT2D eigenvalue weighted by molar-refractivity contribution is 9.10. The molecule has 1 aromatic carbocycles. The average Bonchev–Trinajstić information content (AvgIpc) is 2.16. The van der Waals surface area contributed by atoms with Crippen LogP contribution in [0, 0.1) is 0 Å². The summed E-state index contributed by atoms with van der Waals surface area (Å²) in [4.78, 5) is 11.2. The molecule has 0 saturated heterocycles. The summed E-state index contributed by atoms with van der Waals surface area (Å²) in [5, 5.41) is 0. The molecule has 0 N–H and O–H groups in total. The molecule has 0 heterocycles. The van der Waals surface area contributed by atoms with Gasteiger partial charge in [0.2, 0.25) is 0 Å². The molecule has 0 unspecified atom stereocenters. The number of unbranched alkanes of at least 4 members (excludes halogenated alkanes) is 1. The number of Topliss-reactive ketones (excluding diaryl/α,β-unsaturated/α-hetero) is 1. The van der Waals surface area contributed by atoms with Gasteiger partial charge in [0.1, 0.15) is 0 Å². The van der Waals surface area contributed by atoms with E-state index in [1.165, 1.54) is 18.4 Å². The summed E-state index contributed by atoms with van der Waals surface area (Å²) in [5.41, 5.74) is 2.04. The lowest BCUT2D eigenvalue weighted by atomic mass is 10.0. The van der Waals surface area contributed by atoms with Crippen LogP contribution in [0.3, 0.4) is 0 Å². The van der Waals surface area contributed by atoms with Crippen molar-refractivity contribution in [2.75, 3.05) is 0 Å². The smallest absolute Gasteiger partial charge is 0.159 e. The van der Waals surface area contributed by atoms with Crippen molar-refractivity contribution in [2.45, 2.75) is 33.1 Å². The molecule has 1 nitrogen and oxygen atoms in total. The number of hydrogen-bond donors (Lipinski definition) is 0. The van der Waals surface area contributed by atoms with Gasteiger partial charge in [-0.25, -0.2) is 0 Å². The van der Waals surface area contributed by atoms with Crippen molar-refractivity contribution >= 4 is 21.7 Å². The van der Waals surface area contributed by atoms with E-state index in [1.807, 2.05) is 18.2 Å². The van der Waals surface area contributed by atoms with E-state index in [0.29, 0.717) is 0 Å². The zero-order valence-electron chi connectivity index (χ0n) is 8.64. The summed E-state index contributed by atoms with van der Waals surface area (Å²) >= 11 is 3.50. The first-order chi connectivity index (χ1) is 6.65. The molecule has 14 heavy (non-hydrogen) atoms. The lowest BCUT2D eigenvalue weighted by Crippen LogP contribution is -1.95. The Labute approximate surface area is 93.7 Å². The van der Waals surface area contributed by atoms with E-state index in [9.17, 15) is 4.79 Å². The van der Waals surface area contributed by atoms with Crippen LogP contribution < -0.4 is 0 Å². The SMILES string of the molecule is CCCCc1cc(C(C)=O)ccc1Br. The van der Waals surface area contributed by atoms with Crippen molar-refractivity contribution in [2.24, 2.45) is 0 Å². The first-order valence-corrected chi connectivity index (χ1v) is 5.73. The second-order valence-corrected chi connectivity index (χ2v) is 4.32. The van der Waals surface area contributed by atoms with Gasteiger partial charge in [0.25, 0.3) is 0 Å². The van der Waals surface area contributed by atoms with Gasteiger partial charge in [-0.3, -0.25) is 4.79 Å². The van der Waals surface area contributed by atoms with Crippen molar-refractivity contribution in [1.82, 2.24) is 0 Å². The molecule has 0 saturated carbocycles. The van der Waals surface area contributed by atoms with Crippen LogP contribution in [0.1, 0.15) is 42.6 Å². The second kappa shape index (κ2) is 5.30. The predicted molar refractivity (Wildman–Crippen MR) is 62.8 cm³/mol. The summed E-state index contributed by atoms with van der Waals surface area (Å²) in [6, 6.07) is 5.81. The molecule has 0 spiro atoms. The molecule has 2 heteroatoms. The summed E-state index contributed by atoms with van der Waals surface area (Å²) in [7, 11) is 0. The molecular weight excluding hydrogens is 240 g/mol. The van der Waals surface area contributed by atoms with E-state index < -0.39 is 0 Å². The van der Waals surface area contributed by atoms with Crippen LogP contribution in [0.4, 0.5) is 0 Å². The van der Waals surface area contributed by atoms with E-state index in [0.717, 1.165) is 16.5 Å². The lowest BCUT2D eigenvalue weighted by Gasteiger charge is -2.05. The first kappa shape index (κ1) is 11.4. The topological polar surface area (TPSA) is 17.1 Å². The van der Waals surface area contributed by atoms with Crippen LogP contribution in [0.5, 0.6) is 0 Å². The van der Waals surface area contributed by atoms with Crippen molar-refractivity contribution < 1.29 is 4.79 Å². The molecule has 1 rings (SSSR count). The van der Waals surface area contributed by atoms with E-state index in [-0.39, 0.29) is 5.78 Å². The Morgan fingerprint density at radius 2 is 2.14 bits per heavy atom. The summed E-state index contributed by atoms with van der Waals surface area (Å²) in [6.45, 7) is 3.77. The number of rotatable bonds is 4. The molecule has 0 aliphatic heterocycles. The zero-order chi connectivity index (χ0) is 10.6. The summed E-state index contributed by atoms with van der Waals surface area (Å²) in [6.07, 6.45) is 3.38. The van der Waals surface area contributed by atoms with Gasteiger partial charge in [-0.15, -0.1) is 0 Å². The van der Waals surface area contributed by atoms with E-state index in [4.69, 9.17) is 0 Å². The minimum Gasteiger partial charge on any atom is -0.295 e. The molecular formula is C12H15BrO. The highest BCUT2D eigenvalue weighted by atomic mass is 79.9. The molecule has 0 fully saturated rings. The van der Waals surface area contributed by atoms with Crippen LogP contribution in [0.2, 0.25) is 0 Å². The minimum absolute atomic E-state index is 0.134. The maximum Gasteiger partial charge on any atom is 0.159 e. The van der Waals surface area contributed by atoms with Gasteiger partial charge in [-0.2, -0.15) is 0 Å². The number of aryl methyl sites for hydroxylation is 1. The third-order valence-corrected chi connectivity index (χ3v) is 3.03. The molecule has 0 radical (unpaired) electrons.